The Balaban J connectivity index is 1.59. The van der Waals surface area contributed by atoms with Crippen LogP contribution in [0.5, 0.6) is 5.75 Å². The van der Waals surface area contributed by atoms with E-state index >= 15 is 0 Å². The zero-order valence-electron chi connectivity index (χ0n) is 14.2. The molecular formula is C19H14ClN3O4. The molecule has 0 atom stereocenters. The minimum absolute atomic E-state index is 0.0552. The first-order valence-electron chi connectivity index (χ1n) is 8.21. The predicted octanol–water partition coefficient (Wildman–Crippen LogP) is 4.79. The lowest BCUT2D eigenvalue weighted by atomic mass is 10.2. The van der Waals surface area contributed by atoms with Crippen molar-refractivity contribution < 1.29 is 18.4 Å². The molecule has 0 spiro atoms. The van der Waals surface area contributed by atoms with Crippen LogP contribution in [-0.2, 0) is 0 Å². The average Bonchev–Trinajstić information content (AvgIpc) is 3.29. The number of anilines is 1. The van der Waals surface area contributed by atoms with E-state index in [2.05, 4.69) is 15.5 Å². The number of amides is 1. The van der Waals surface area contributed by atoms with E-state index in [1.165, 1.54) is 0 Å². The zero-order valence-corrected chi connectivity index (χ0v) is 15.0. The Hall–Kier alpha value is -3.32. The molecule has 0 aliphatic heterocycles. The van der Waals surface area contributed by atoms with Gasteiger partial charge in [-0.3, -0.25) is 10.1 Å². The van der Waals surface area contributed by atoms with Gasteiger partial charge in [-0.05, 0) is 31.2 Å². The average molecular weight is 384 g/mol. The highest BCUT2D eigenvalue weighted by Crippen LogP contribution is 2.33. The van der Waals surface area contributed by atoms with E-state index in [9.17, 15) is 4.79 Å². The predicted molar refractivity (Wildman–Crippen MR) is 100 cm³/mol. The fourth-order valence-electron chi connectivity index (χ4n) is 2.59. The van der Waals surface area contributed by atoms with Crippen molar-refractivity contribution in [3.8, 4) is 17.4 Å². The molecule has 0 aliphatic carbocycles. The topological polar surface area (TPSA) is 90.4 Å². The summed E-state index contributed by atoms with van der Waals surface area (Å²) in [5.41, 5.74) is 0.901. The molecule has 136 valence electrons. The zero-order chi connectivity index (χ0) is 18.8. The third-order valence-corrected chi connectivity index (χ3v) is 4.11. The summed E-state index contributed by atoms with van der Waals surface area (Å²) >= 11 is 6.02. The quantitative estimate of drug-likeness (QED) is 0.533. The number of hydrogen-bond donors (Lipinski definition) is 1. The molecule has 7 nitrogen and oxygen atoms in total. The summed E-state index contributed by atoms with van der Waals surface area (Å²) in [5, 5.41) is 11.5. The standard InChI is InChI=1S/C19H14ClN3O4/c1-2-25-14-9-5-6-11-10-15(26-16(11)14)18-22-23-19(27-18)21-17(24)12-7-3-4-8-13(12)20/h3-10H,2H2,1H3,(H,21,23,24). The third-order valence-electron chi connectivity index (χ3n) is 3.78. The van der Waals surface area contributed by atoms with E-state index in [0.29, 0.717) is 34.3 Å². The van der Waals surface area contributed by atoms with Crippen molar-refractivity contribution in [2.75, 3.05) is 11.9 Å². The molecule has 0 bridgehead atoms. The number of rotatable bonds is 5. The van der Waals surface area contributed by atoms with Crippen LogP contribution >= 0.6 is 11.6 Å². The molecule has 1 amide bonds. The molecule has 0 radical (unpaired) electrons. The number of halogens is 1. The second-order valence-electron chi connectivity index (χ2n) is 5.56. The van der Waals surface area contributed by atoms with Gasteiger partial charge in [0.2, 0.25) is 0 Å². The second-order valence-corrected chi connectivity index (χ2v) is 5.97. The lowest BCUT2D eigenvalue weighted by Crippen LogP contribution is -2.12. The monoisotopic (exact) mass is 383 g/mol. The molecule has 2 heterocycles. The molecule has 0 unspecified atom stereocenters. The Morgan fingerprint density at radius 1 is 1.15 bits per heavy atom. The van der Waals surface area contributed by atoms with Crippen LogP contribution in [0, 0.1) is 0 Å². The fourth-order valence-corrected chi connectivity index (χ4v) is 2.82. The van der Waals surface area contributed by atoms with Gasteiger partial charge in [0.15, 0.2) is 17.1 Å². The van der Waals surface area contributed by atoms with Crippen LogP contribution in [0.1, 0.15) is 17.3 Å². The van der Waals surface area contributed by atoms with Crippen LogP contribution in [0.2, 0.25) is 5.02 Å². The van der Waals surface area contributed by atoms with Crippen molar-refractivity contribution in [1.29, 1.82) is 0 Å². The second kappa shape index (κ2) is 7.13. The van der Waals surface area contributed by atoms with E-state index in [4.69, 9.17) is 25.2 Å². The van der Waals surface area contributed by atoms with Crippen LogP contribution in [0.15, 0.2) is 57.4 Å². The maximum Gasteiger partial charge on any atom is 0.322 e. The van der Waals surface area contributed by atoms with Gasteiger partial charge >= 0.3 is 6.01 Å². The first-order valence-corrected chi connectivity index (χ1v) is 8.58. The summed E-state index contributed by atoms with van der Waals surface area (Å²) in [6.45, 7) is 2.42. The van der Waals surface area contributed by atoms with Crippen molar-refractivity contribution in [2.24, 2.45) is 0 Å². The summed E-state index contributed by atoms with van der Waals surface area (Å²) in [6, 6.07) is 14.0. The van der Waals surface area contributed by atoms with Crippen molar-refractivity contribution in [2.45, 2.75) is 6.92 Å². The molecule has 27 heavy (non-hydrogen) atoms. The van der Waals surface area contributed by atoms with Gasteiger partial charge in [0.05, 0.1) is 17.2 Å². The number of fused-ring (bicyclic) bond motifs is 1. The number of carbonyl (C=O) groups is 1. The van der Waals surface area contributed by atoms with Gasteiger partial charge in [-0.15, -0.1) is 5.10 Å². The maximum absolute atomic E-state index is 12.3. The Labute approximate surface area is 158 Å². The van der Waals surface area contributed by atoms with Crippen LogP contribution in [0.3, 0.4) is 0 Å². The van der Waals surface area contributed by atoms with Gasteiger partial charge < -0.3 is 13.6 Å². The number of para-hydroxylation sites is 1. The van der Waals surface area contributed by atoms with Crippen molar-refractivity contribution >= 4 is 34.5 Å². The Kier molecular flexibility index (Phi) is 4.52. The number of ether oxygens (including phenoxy) is 1. The van der Waals surface area contributed by atoms with Crippen LogP contribution in [-0.4, -0.2) is 22.7 Å². The smallest absolute Gasteiger partial charge is 0.322 e. The number of hydrogen-bond acceptors (Lipinski definition) is 6. The number of nitrogens with one attached hydrogen (secondary N) is 1. The highest BCUT2D eigenvalue weighted by molar-refractivity contribution is 6.34. The van der Waals surface area contributed by atoms with Crippen molar-refractivity contribution in [1.82, 2.24) is 10.2 Å². The molecule has 4 aromatic rings. The fraction of sp³-hybridized carbons (Fsp3) is 0.105. The molecular weight excluding hydrogens is 370 g/mol. The maximum atomic E-state index is 12.3. The van der Waals surface area contributed by atoms with Gasteiger partial charge in [-0.2, -0.15) is 0 Å². The van der Waals surface area contributed by atoms with Gasteiger partial charge in [-0.25, -0.2) is 0 Å². The van der Waals surface area contributed by atoms with Crippen molar-refractivity contribution in [3.05, 3.63) is 59.1 Å². The number of nitrogens with zero attached hydrogens (tertiary/aromatic N) is 2. The molecule has 2 aromatic heterocycles. The van der Waals surface area contributed by atoms with E-state index in [0.717, 1.165) is 5.39 Å². The molecule has 4 rings (SSSR count). The largest absolute Gasteiger partial charge is 0.490 e. The van der Waals surface area contributed by atoms with Crippen LogP contribution in [0.4, 0.5) is 6.01 Å². The Morgan fingerprint density at radius 2 is 2.00 bits per heavy atom. The summed E-state index contributed by atoms with van der Waals surface area (Å²) in [5.74, 6) is 0.707. The normalized spacial score (nSPS) is 10.9. The number of aromatic nitrogens is 2. The van der Waals surface area contributed by atoms with Crippen LogP contribution in [0.25, 0.3) is 22.6 Å². The van der Waals surface area contributed by atoms with E-state index in [1.807, 2.05) is 25.1 Å². The first-order chi connectivity index (χ1) is 13.2. The number of benzene rings is 2. The lowest BCUT2D eigenvalue weighted by molar-refractivity contribution is 0.102. The molecule has 0 aliphatic rings. The Morgan fingerprint density at radius 3 is 2.81 bits per heavy atom. The summed E-state index contributed by atoms with van der Waals surface area (Å²) in [4.78, 5) is 12.3. The molecule has 0 saturated carbocycles. The lowest BCUT2D eigenvalue weighted by Gasteiger charge is -2.02. The third kappa shape index (κ3) is 3.37. The highest BCUT2D eigenvalue weighted by Gasteiger charge is 2.18. The molecule has 0 saturated heterocycles. The van der Waals surface area contributed by atoms with Crippen LogP contribution < -0.4 is 10.1 Å². The minimum Gasteiger partial charge on any atom is -0.490 e. The van der Waals surface area contributed by atoms with Gasteiger partial charge in [-0.1, -0.05) is 41.0 Å². The molecule has 8 heteroatoms. The van der Waals surface area contributed by atoms with Gasteiger partial charge in [0, 0.05) is 5.39 Å². The highest BCUT2D eigenvalue weighted by atomic mass is 35.5. The Bertz CT molecular complexity index is 1120. The van der Waals surface area contributed by atoms with Gasteiger partial charge in [0.25, 0.3) is 11.8 Å². The summed E-state index contributed by atoms with van der Waals surface area (Å²) in [7, 11) is 0. The first kappa shape index (κ1) is 17.1. The van der Waals surface area contributed by atoms with E-state index < -0.39 is 5.91 Å². The van der Waals surface area contributed by atoms with E-state index in [1.54, 1.807) is 30.3 Å². The molecule has 0 fully saturated rings. The minimum atomic E-state index is -0.445. The summed E-state index contributed by atoms with van der Waals surface area (Å²) < 4.78 is 16.9. The number of furan rings is 1. The van der Waals surface area contributed by atoms with Crippen molar-refractivity contribution in [3.63, 3.8) is 0 Å². The molecule has 2 aromatic carbocycles. The van der Waals surface area contributed by atoms with Gasteiger partial charge in [0.1, 0.15) is 0 Å². The van der Waals surface area contributed by atoms with E-state index in [-0.39, 0.29) is 11.9 Å². The number of carbonyl (C=O) groups excluding carboxylic acids is 1. The summed E-state index contributed by atoms with van der Waals surface area (Å²) in [6.07, 6.45) is 0. The SMILES string of the molecule is CCOc1cccc2cc(-c3nnc(NC(=O)c4ccccc4Cl)o3)oc12. The molecule has 1 N–H and O–H groups in total.